The fraction of sp³-hybridized carbons (Fsp3) is 0.435. The fourth-order valence-electron chi connectivity index (χ4n) is 3.85. The zero-order valence-electron chi connectivity index (χ0n) is 17.6. The van der Waals surface area contributed by atoms with Crippen LogP contribution >= 0.6 is 24.0 Å². The lowest BCUT2D eigenvalue weighted by atomic mass is 10.0. The molecule has 0 saturated carbocycles. The Bertz CT molecular complexity index is 762. The van der Waals surface area contributed by atoms with Crippen LogP contribution in [0.2, 0.25) is 0 Å². The van der Waals surface area contributed by atoms with Crippen molar-refractivity contribution in [2.45, 2.75) is 31.8 Å². The van der Waals surface area contributed by atoms with Crippen LogP contribution in [0.5, 0.6) is 5.75 Å². The lowest BCUT2D eigenvalue weighted by Gasteiger charge is -2.30. The molecule has 158 valence electrons. The number of aliphatic imine (C=N–C) groups is 1. The second-order valence-electron chi connectivity index (χ2n) is 7.23. The first-order valence-corrected chi connectivity index (χ1v) is 10.1. The quantitative estimate of drug-likeness (QED) is 0.331. The number of rotatable bonds is 7. The van der Waals surface area contributed by atoms with Gasteiger partial charge in [0.05, 0.1) is 19.2 Å². The number of hydrogen-bond donors (Lipinski definition) is 2. The summed E-state index contributed by atoms with van der Waals surface area (Å²) in [4.78, 5) is 6.97. The highest BCUT2D eigenvalue weighted by Gasteiger charge is 2.26. The molecule has 2 atom stereocenters. The standard InChI is InChI=1S/C23H32N4O.HI/c1-18(19-11-5-4-6-12-19)26-23(24-2)25-17-21(27-15-9-10-16-27)20-13-7-8-14-22(20)28-3;/h4-8,11-14,18,21H,9-10,15-17H2,1-3H3,(H2,24,25,26);1H. The minimum Gasteiger partial charge on any atom is -0.496 e. The van der Waals surface area contributed by atoms with E-state index < -0.39 is 0 Å². The van der Waals surface area contributed by atoms with E-state index >= 15 is 0 Å². The van der Waals surface area contributed by atoms with Crippen molar-refractivity contribution in [3.8, 4) is 5.75 Å². The van der Waals surface area contributed by atoms with Crippen LogP contribution in [0.25, 0.3) is 0 Å². The molecular formula is C23H33IN4O. The molecule has 2 aromatic carbocycles. The van der Waals surface area contributed by atoms with Crippen molar-refractivity contribution in [1.82, 2.24) is 15.5 Å². The minimum atomic E-state index is 0. The number of hydrogen-bond acceptors (Lipinski definition) is 3. The number of ether oxygens (including phenoxy) is 1. The van der Waals surface area contributed by atoms with E-state index in [-0.39, 0.29) is 36.1 Å². The number of benzene rings is 2. The first-order valence-electron chi connectivity index (χ1n) is 10.1. The van der Waals surface area contributed by atoms with E-state index in [1.807, 2.05) is 25.2 Å². The van der Waals surface area contributed by atoms with Crippen molar-refractivity contribution >= 4 is 29.9 Å². The van der Waals surface area contributed by atoms with E-state index in [9.17, 15) is 0 Å². The molecule has 1 aliphatic heterocycles. The van der Waals surface area contributed by atoms with E-state index in [2.05, 4.69) is 63.8 Å². The predicted molar refractivity (Wildman–Crippen MR) is 131 cm³/mol. The molecule has 0 bridgehead atoms. The Labute approximate surface area is 192 Å². The highest BCUT2D eigenvalue weighted by molar-refractivity contribution is 14.0. The molecular weight excluding hydrogens is 475 g/mol. The third-order valence-corrected chi connectivity index (χ3v) is 5.42. The molecule has 0 spiro atoms. The largest absolute Gasteiger partial charge is 0.496 e. The summed E-state index contributed by atoms with van der Waals surface area (Å²) in [6, 6.07) is 19.2. The van der Waals surface area contributed by atoms with Crippen molar-refractivity contribution in [3.63, 3.8) is 0 Å². The van der Waals surface area contributed by atoms with Gasteiger partial charge in [-0.25, -0.2) is 0 Å². The lowest BCUT2D eigenvalue weighted by Crippen LogP contribution is -2.43. The maximum atomic E-state index is 5.64. The molecule has 1 fully saturated rings. The Kier molecular flexibility index (Phi) is 9.73. The normalized spacial score (nSPS) is 16.6. The summed E-state index contributed by atoms with van der Waals surface area (Å²) in [7, 11) is 3.57. The van der Waals surface area contributed by atoms with E-state index in [0.29, 0.717) is 0 Å². The molecule has 3 rings (SSSR count). The number of nitrogens with zero attached hydrogens (tertiary/aromatic N) is 2. The van der Waals surface area contributed by atoms with E-state index in [0.717, 1.165) is 31.3 Å². The van der Waals surface area contributed by atoms with Crippen molar-refractivity contribution in [1.29, 1.82) is 0 Å². The highest BCUT2D eigenvalue weighted by Crippen LogP contribution is 2.31. The lowest BCUT2D eigenvalue weighted by molar-refractivity contribution is 0.239. The summed E-state index contributed by atoms with van der Waals surface area (Å²) in [6.07, 6.45) is 2.51. The van der Waals surface area contributed by atoms with Gasteiger partial charge in [-0.05, 0) is 44.5 Å². The molecule has 2 N–H and O–H groups in total. The SMILES string of the molecule is CN=C(NCC(c1ccccc1OC)N1CCCC1)NC(C)c1ccccc1.I. The Morgan fingerprint density at radius 2 is 1.72 bits per heavy atom. The van der Waals surface area contributed by atoms with Gasteiger partial charge in [0.1, 0.15) is 5.75 Å². The molecule has 29 heavy (non-hydrogen) atoms. The number of guanidine groups is 1. The number of likely N-dealkylation sites (tertiary alicyclic amines) is 1. The summed E-state index contributed by atoms with van der Waals surface area (Å²) in [5.41, 5.74) is 2.47. The van der Waals surface area contributed by atoms with Gasteiger partial charge in [-0.15, -0.1) is 24.0 Å². The van der Waals surface area contributed by atoms with E-state index in [1.54, 1.807) is 7.11 Å². The van der Waals surface area contributed by atoms with Gasteiger partial charge >= 0.3 is 0 Å². The van der Waals surface area contributed by atoms with Crippen molar-refractivity contribution in [3.05, 3.63) is 65.7 Å². The van der Waals surface area contributed by atoms with Crippen molar-refractivity contribution in [2.75, 3.05) is 33.8 Å². The van der Waals surface area contributed by atoms with Gasteiger partial charge in [-0.1, -0.05) is 48.5 Å². The van der Waals surface area contributed by atoms with Crippen LogP contribution in [-0.4, -0.2) is 44.7 Å². The second-order valence-corrected chi connectivity index (χ2v) is 7.23. The Balaban J connectivity index is 0.00000300. The smallest absolute Gasteiger partial charge is 0.191 e. The van der Waals surface area contributed by atoms with Crippen LogP contribution in [-0.2, 0) is 0 Å². The van der Waals surface area contributed by atoms with E-state index in [4.69, 9.17) is 4.74 Å². The number of methoxy groups -OCH3 is 1. The molecule has 1 heterocycles. The van der Waals surface area contributed by atoms with Gasteiger partial charge in [0.25, 0.3) is 0 Å². The summed E-state index contributed by atoms with van der Waals surface area (Å²) >= 11 is 0. The third kappa shape index (κ3) is 6.34. The van der Waals surface area contributed by atoms with Crippen LogP contribution < -0.4 is 15.4 Å². The molecule has 2 unspecified atom stereocenters. The summed E-state index contributed by atoms with van der Waals surface area (Å²) < 4.78 is 5.64. The summed E-state index contributed by atoms with van der Waals surface area (Å²) in [6.45, 7) is 5.18. The van der Waals surface area contributed by atoms with Crippen LogP contribution in [0, 0.1) is 0 Å². The van der Waals surface area contributed by atoms with Gasteiger partial charge in [0.15, 0.2) is 5.96 Å². The van der Waals surface area contributed by atoms with Crippen LogP contribution in [0.4, 0.5) is 0 Å². The number of para-hydroxylation sites is 1. The van der Waals surface area contributed by atoms with Crippen LogP contribution in [0.15, 0.2) is 59.6 Å². The average molecular weight is 508 g/mol. The Morgan fingerprint density at radius 3 is 2.38 bits per heavy atom. The molecule has 0 aromatic heterocycles. The summed E-state index contributed by atoms with van der Waals surface area (Å²) in [5.74, 6) is 1.76. The molecule has 0 amide bonds. The van der Waals surface area contributed by atoms with Gasteiger partial charge in [0, 0.05) is 19.2 Å². The number of halogens is 1. The Morgan fingerprint density at radius 1 is 1.07 bits per heavy atom. The molecule has 1 saturated heterocycles. The minimum absolute atomic E-state index is 0. The summed E-state index contributed by atoms with van der Waals surface area (Å²) in [5, 5.41) is 7.04. The molecule has 0 aliphatic carbocycles. The zero-order chi connectivity index (χ0) is 19.8. The first-order chi connectivity index (χ1) is 13.7. The Hall–Kier alpha value is -1.80. The highest BCUT2D eigenvalue weighted by atomic mass is 127. The third-order valence-electron chi connectivity index (χ3n) is 5.42. The average Bonchev–Trinajstić information content (AvgIpc) is 3.28. The number of nitrogens with one attached hydrogen (secondary N) is 2. The van der Waals surface area contributed by atoms with Crippen molar-refractivity contribution in [2.24, 2.45) is 4.99 Å². The molecule has 2 aromatic rings. The van der Waals surface area contributed by atoms with E-state index in [1.165, 1.54) is 24.0 Å². The van der Waals surface area contributed by atoms with Gasteiger partial charge in [-0.3, -0.25) is 9.89 Å². The first kappa shape index (κ1) is 23.5. The second kappa shape index (κ2) is 12.0. The van der Waals surface area contributed by atoms with Crippen LogP contribution in [0.1, 0.15) is 43.0 Å². The maximum Gasteiger partial charge on any atom is 0.191 e. The molecule has 1 aliphatic rings. The molecule has 6 heteroatoms. The topological polar surface area (TPSA) is 48.9 Å². The predicted octanol–water partition coefficient (Wildman–Crippen LogP) is 4.38. The maximum absolute atomic E-state index is 5.64. The van der Waals surface area contributed by atoms with Crippen molar-refractivity contribution < 1.29 is 4.74 Å². The van der Waals surface area contributed by atoms with Gasteiger partial charge in [0.2, 0.25) is 0 Å². The fourth-order valence-corrected chi connectivity index (χ4v) is 3.85. The molecule has 0 radical (unpaired) electrons. The van der Waals surface area contributed by atoms with Gasteiger partial charge < -0.3 is 15.4 Å². The zero-order valence-corrected chi connectivity index (χ0v) is 19.9. The molecule has 5 nitrogen and oxygen atoms in total. The monoisotopic (exact) mass is 508 g/mol. The van der Waals surface area contributed by atoms with Gasteiger partial charge in [-0.2, -0.15) is 0 Å². The van der Waals surface area contributed by atoms with Crippen LogP contribution in [0.3, 0.4) is 0 Å².